The molecule has 0 bridgehead atoms. The number of carboxylic acid groups (broad SMARTS) is 5. The van der Waals surface area contributed by atoms with E-state index in [0.29, 0.717) is 54.4 Å². The molecule has 4 aliphatic carbocycles. The van der Waals surface area contributed by atoms with Crippen LogP contribution in [0.5, 0.6) is 0 Å². The molecule has 0 spiro atoms. The van der Waals surface area contributed by atoms with E-state index in [9.17, 15) is 44.1 Å². The molecule has 4 aliphatic rings. The first-order valence-electron chi connectivity index (χ1n) is 20.4. The summed E-state index contributed by atoms with van der Waals surface area (Å²) in [5, 5.41) is 49.5. The van der Waals surface area contributed by atoms with E-state index in [1.165, 1.54) is 43.4 Å². The minimum Gasteiger partial charge on any atom is -0.481 e. The predicted molar refractivity (Wildman–Crippen MR) is 200 cm³/mol. The minimum absolute atomic E-state index is 0.0265. The molecule has 1 amide bonds. The smallest absolute Gasteiger partial charge is 0.320 e. The lowest BCUT2D eigenvalue weighted by Gasteiger charge is -2.61. The number of carbonyl (C=O) groups is 6. The zero-order chi connectivity index (χ0) is 40.5. The average molecular weight is 780 g/mol. The standard InChI is InChI=1S/C40H65N3O12/c1-25(7-12-34(45)46)29-10-11-30-28-9-8-26-20-27(13-15-39(26,2)31(28)14-16-40(29,30)3)55-24-33(44)41-17-5-4-6-32(38(53)54)43(23-37(51)52)19-18-42(21-35(47)48)22-36(49)50/h25-32H,4-24H2,1-3H3,(H,41,44)(H,45,46)(H,47,48)(H,49,50)(H,51,52)(H,53,54)/t25-,26-,27-,28+,29-,30+,31+,32?,39+,40-/m1/s1. The summed E-state index contributed by atoms with van der Waals surface area (Å²) >= 11 is 0. The fraction of sp³-hybridized carbons (Fsp3) is 0.850. The molecule has 312 valence electrons. The van der Waals surface area contributed by atoms with Gasteiger partial charge in [-0.15, -0.1) is 0 Å². The van der Waals surface area contributed by atoms with E-state index in [1.54, 1.807) is 0 Å². The molecule has 4 saturated carbocycles. The highest BCUT2D eigenvalue weighted by atomic mass is 16.5. The first-order valence-corrected chi connectivity index (χ1v) is 20.4. The van der Waals surface area contributed by atoms with Crippen LogP contribution in [0.4, 0.5) is 0 Å². The van der Waals surface area contributed by atoms with Crippen LogP contribution in [0.1, 0.15) is 111 Å². The number of nitrogens with zero attached hydrogens (tertiary/aromatic N) is 2. The Morgan fingerprint density at radius 3 is 2.04 bits per heavy atom. The Balaban J connectivity index is 1.19. The third kappa shape index (κ3) is 11.6. The number of rotatable bonds is 23. The number of carbonyl (C=O) groups excluding carboxylic acids is 1. The maximum Gasteiger partial charge on any atom is 0.320 e. The highest BCUT2D eigenvalue weighted by Gasteiger charge is 2.60. The minimum atomic E-state index is -1.27. The Morgan fingerprint density at radius 1 is 0.745 bits per heavy atom. The third-order valence-corrected chi connectivity index (χ3v) is 14.4. The van der Waals surface area contributed by atoms with Gasteiger partial charge in [-0.2, -0.15) is 0 Å². The highest BCUT2D eigenvalue weighted by Crippen LogP contribution is 2.68. The van der Waals surface area contributed by atoms with E-state index in [2.05, 4.69) is 26.1 Å². The van der Waals surface area contributed by atoms with Gasteiger partial charge in [0.25, 0.3) is 0 Å². The van der Waals surface area contributed by atoms with Crippen LogP contribution in [0, 0.1) is 46.3 Å². The van der Waals surface area contributed by atoms with Gasteiger partial charge < -0.3 is 35.6 Å². The van der Waals surface area contributed by atoms with E-state index >= 15 is 0 Å². The molecule has 0 heterocycles. The van der Waals surface area contributed by atoms with E-state index < -0.39 is 55.5 Å². The second-order valence-electron chi connectivity index (χ2n) is 17.6. The van der Waals surface area contributed by atoms with Crippen molar-refractivity contribution in [2.24, 2.45) is 46.3 Å². The van der Waals surface area contributed by atoms with Crippen LogP contribution in [0.15, 0.2) is 0 Å². The van der Waals surface area contributed by atoms with Crippen molar-refractivity contribution >= 4 is 35.8 Å². The lowest BCUT2D eigenvalue weighted by Crippen LogP contribution is -2.54. The Morgan fingerprint density at radius 2 is 1.40 bits per heavy atom. The summed E-state index contributed by atoms with van der Waals surface area (Å²) in [4.78, 5) is 72.1. The molecule has 1 unspecified atom stereocenters. The normalized spacial score (nSPS) is 31.1. The predicted octanol–water partition coefficient (Wildman–Crippen LogP) is 4.13. The zero-order valence-corrected chi connectivity index (χ0v) is 33.0. The summed E-state index contributed by atoms with van der Waals surface area (Å²) in [6.45, 7) is 5.44. The van der Waals surface area contributed by atoms with Crippen molar-refractivity contribution in [3.8, 4) is 0 Å². The molecule has 15 nitrogen and oxygen atoms in total. The van der Waals surface area contributed by atoms with Crippen molar-refractivity contribution in [3.05, 3.63) is 0 Å². The topological polar surface area (TPSA) is 231 Å². The Bertz CT molecular complexity index is 1360. The summed E-state index contributed by atoms with van der Waals surface area (Å²) in [5.41, 5.74) is 0.565. The SMILES string of the molecule is C[C@H](CCC(=O)O)[C@H]1CC[C@H]2[C@@H]3CC[C@@H]4C[C@H](OCC(=O)NCCCCC(C(=O)O)N(CCN(CC(=O)O)CC(=O)O)CC(=O)O)CC[C@]4(C)[C@H]3CC[C@]12C. The number of hydrogen-bond acceptors (Lipinski definition) is 9. The summed E-state index contributed by atoms with van der Waals surface area (Å²) in [7, 11) is 0. The van der Waals surface area contributed by atoms with Gasteiger partial charge in [0, 0.05) is 26.1 Å². The van der Waals surface area contributed by atoms with Crippen molar-refractivity contribution in [1.82, 2.24) is 15.1 Å². The Labute approximate surface area is 324 Å². The monoisotopic (exact) mass is 779 g/mol. The molecule has 0 radical (unpaired) electrons. The Kier molecular flexibility index (Phi) is 15.9. The van der Waals surface area contributed by atoms with Crippen LogP contribution in [-0.2, 0) is 33.5 Å². The lowest BCUT2D eigenvalue weighted by molar-refractivity contribution is -0.148. The molecule has 6 N–H and O–H groups in total. The molecule has 4 fully saturated rings. The van der Waals surface area contributed by atoms with Crippen LogP contribution in [-0.4, -0.2) is 129 Å². The van der Waals surface area contributed by atoms with Crippen LogP contribution >= 0.6 is 0 Å². The van der Waals surface area contributed by atoms with E-state index in [4.69, 9.17) is 14.9 Å². The maximum absolute atomic E-state index is 12.7. The van der Waals surface area contributed by atoms with E-state index in [0.717, 1.165) is 36.5 Å². The van der Waals surface area contributed by atoms with Gasteiger partial charge in [0.2, 0.25) is 5.91 Å². The van der Waals surface area contributed by atoms with Gasteiger partial charge in [-0.1, -0.05) is 20.8 Å². The van der Waals surface area contributed by atoms with Crippen molar-refractivity contribution in [2.45, 2.75) is 123 Å². The lowest BCUT2D eigenvalue weighted by atomic mass is 9.44. The highest BCUT2D eigenvalue weighted by molar-refractivity contribution is 5.77. The molecule has 0 aromatic heterocycles. The van der Waals surface area contributed by atoms with E-state index in [-0.39, 0.29) is 50.0 Å². The second kappa shape index (κ2) is 19.7. The fourth-order valence-corrected chi connectivity index (χ4v) is 11.7. The number of aliphatic carboxylic acids is 5. The van der Waals surface area contributed by atoms with Crippen molar-refractivity contribution < 1.29 is 59.0 Å². The van der Waals surface area contributed by atoms with Crippen LogP contribution < -0.4 is 5.32 Å². The maximum atomic E-state index is 12.7. The molecule has 15 heteroatoms. The van der Waals surface area contributed by atoms with Crippen molar-refractivity contribution in [1.29, 1.82) is 0 Å². The van der Waals surface area contributed by atoms with Crippen LogP contribution in [0.3, 0.4) is 0 Å². The van der Waals surface area contributed by atoms with Crippen LogP contribution in [0.2, 0.25) is 0 Å². The van der Waals surface area contributed by atoms with Gasteiger partial charge in [0.1, 0.15) is 12.6 Å². The molecule has 0 aromatic rings. The summed E-state index contributed by atoms with van der Waals surface area (Å²) in [6.07, 6.45) is 12.3. The molecule has 0 saturated heterocycles. The first-order chi connectivity index (χ1) is 25.9. The molecular formula is C40H65N3O12. The third-order valence-electron chi connectivity index (χ3n) is 14.4. The van der Waals surface area contributed by atoms with Gasteiger partial charge in [-0.3, -0.25) is 38.6 Å². The zero-order valence-electron chi connectivity index (χ0n) is 33.0. The van der Waals surface area contributed by atoms with Crippen LogP contribution in [0.25, 0.3) is 0 Å². The molecule has 0 aromatic carbocycles. The summed E-state index contributed by atoms with van der Waals surface area (Å²) in [5.74, 6) is -2.24. The summed E-state index contributed by atoms with van der Waals surface area (Å²) in [6, 6.07) is -1.19. The van der Waals surface area contributed by atoms with Gasteiger partial charge in [-0.05, 0) is 130 Å². The van der Waals surface area contributed by atoms with Gasteiger partial charge in [0.05, 0.1) is 25.7 Å². The molecule has 0 aliphatic heterocycles. The molecular weight excluding hydrogens is 714 g/mol. The molecule has 55 heavy (non-hydrogen) atoms. The number of nitrogens with one attached hydrogen (secondary N) is 1. The largest absolute Gasteiger partial charge is 0.481 e. The molecule has 4 rings (SSSR count). The average Bonchev–Trinajstić information content (AvgIpc) is 3.46. The number of unbranched alkanes of at least 4 members (excludes halogenated alkanes) is 1. The van der Waals surface area contributed by atoms with Gasteiger partial charge in [0.15, 0.2) is 0 Å². The number of amides is 1. The van der Waals surface area contributed by atoms with Gasteiger partial charge >= 0.3 is 29.8 Å². The number of carboxylic acids is 5. The van der Waals surface area contributed by atoms with Crippen molar-refractivity contribution in [2.75, 3.05) is 45.9 Å². The quantitative estimate of drug-likeness (QED) is 0.0802. The van der Waals surface area contributed by atoms with E-state index in [1.807, 2.05) is 0 Å². The first kappa shape index (κ1) is 44.4. The second-order valence-corrected chi connectivity index (χ2v) is 17.6. The molecule has 10 atom stereocenters. The van der Waals surface area contributed by atoms with Gasteiger partial charge in [-0.25, -0.2) is 0 Å². The van der Waals surface area contributed by atoms with Crippen molar-refractivity contribution in [3.63, 3.8) is 0 Å². The number of fused-ring (bicyclic) bond motifs is 5. The Hall–Kier alpha value is -3.30. The summed E-state index contributed by atoms with van der Waals surface area (Å²) < 4.78 is 6.16. The number of hydrogen-bond donors (Lipinski definition) is 6. The fourth-order valence-electron chi connectivity index (χ4n) is 11.7. The number of ether oxygens (including phenoxy) is 1.